The maximum absolute atomic E-state index is 13.7. The summed E-state index contributed by atoms with van der Waals surface area (Å²) in [5.41, 5.74) is 2.20. The predicted octanol–water partition coefficient (Wildman–Crippen LogP) is 6.89. The lowest BCUT2D eigenvalue weighted by Gasteiger charge is -2.32. The first-order valence-corrected chi connectivity index (χ1v) is 19.3. The topological polar surface area (TPSA) is 134 Å². The molecule has 2 aromatic carbocycles. The van der Waals surface area contributed by atoms with E-state index in [1.807, 2.05) is 57.2 Å². The van der Waals surface area contributed by atoms with Gasteiger partial charge < -0.3 is 25.2 Å². The minimum absolute atomic E-state index is 0. The van der Waals surface area contributed by atoms with Gasteiger partial charge in [0.25, 0.3) is 0 Å². The normalized spacial score (nSPS) is 22.3. The molecule has 0 saturated heterocycles. The van der Waals surface area contributed by atoms with Crippen LogP contribution in [0.15, 0.2) is 54.6 Å². The van der Waals surface area contributed by atoms with Gasteiger partial charge in [-0.1, -0.05) is 88.7 Å². The molecule has 10 nitrogen and oxygen atoms in total. The van der Waals surface area contributed by atoms with Crippen LogP contribution < -0.4 is 10.6 Å². The number of cyclic esters (lactones) is 2. The van der Waals surface area contributed by atoms with Crippen LogP contribution in [0.2, 0.25) is 5.02 Å². The lowest BCUT2D eigenvalue weighted by atomic mass is 9.90. The summed E-state index contributed by atoms with van der Waals surface area (Å²) in [5.74, 6) is -3.27. The maximum atomic E-state index is 13.7. The molecule has 13 heteroatoms. The highest BCUT2D eigenvalue weighted by Crippen LogP contribution is 2.33. The smallest absolute Gasteiger partial charge is 0.347 e. The predicted molar refractivity (Wildman–Crippen MR) is 216 cm³/mol. The average Bonchev–Trinajstić information content (AvgIpc) is 3.12. The second-order valence-electron chi connectivity index (χ2n) is 15.0. The van der Waals surface area contributed by atoms with Crippen LogP contribution in [0.5, 0.6) is 0 Å². The number of halogens is 3. The molecular weight excluding hydrogens is 753 g/mol. The number of amides is 2. The summed E-state index contributed by atoms with van der Waals surface area (Å²) in [4.78, 5) is 56.3. The van der Waals surface area contributed by atoms with E-state index in [4.69, 9.17) is 32.7 Å². The van der Waals surface area contributed by atoms with E-state index in [-0.39, 0.29) is 44.1 Å². The van der Waals surface area contributed by atoms with Crippen LogP contribution in [0.1, 0.15) is 88.9 Å². The van der Waals surface area contributed by atoms with Gasteiger partial charge in [0, 0.05) is 36.9 Å². The van der Waals surface area contributed by atoms with E-state index >= 15 is 0 Å². The summed E-state index contributed by atoms with van der Waals surface area (Å²) < 4.78 is 11.8. The first kappa shape index (κ1) is 47.0. The molecule has 3 N–H and O–H groups in total. The summed E-state index contributed by atoms with van der Waals surface area (Å²) in [6, 6.07) is 12.2. The number of rotatable bonds is 12. The monoisotopic (exact) mass is 809 g/mol. The molecule has 1 aliphatic rings. The van der Waals surface area contributed by atoms with Crippen LogP contribution in [0.3, 0.4) is 0 Å². The van der Waals surface area contributed by atoms with Crippen molar-refractivity contribution in [2.45, 2.75) is 111 Å². The molecular formula is C41H58Cl3N3O7. The lowest BCUT2D eigenvalue weighted by molar-refractivity contribution is -0.180. The highest BCUT2D eigenvalue weighted by atomic mass is 35.5. The molecule has 0 bridgehead atoms. The first-order chi connectivity index (χ1) is 24.9. The minimum Gasteiger partial charge on any atom is -0.459 e. The summed E-state index contributed by atoms with van der Waals surface area (Å²) >= 11 is 13.2. The average molecular weight is 811 g/mol. The van der Waals surface area contributed by atoms with E-state index in [0.29, 0.717) is 10.6 Å². The highest BCUT2D eigenvalue weighted by molar-refractivity contribution is 6.31. The van der Waals surface area contributed by atoms with Crippen molar-refractivity contribution >= 4 is 59.4 Å². The number of alkyl halides is 1. The number of aryl methyl sites for hydroxylation is 1. The van der Waals surface area contributed by atoms with Crippen molar-refractivity contribution in [2.75, 3.05) is 19.6 Å². The zero-order chi connectivity index (χ0) is 39.5. The van der Waals surface area contributed by atoms with Crippen molar-refractivity contribution in [1.29, 1.82) is 0 Å². The number of ether oxygens (including phenoxy) is 2. The molecule has 2 amide bonds. The number of benzene rings is 2. The van der Waals surface area contributed by atoms with Crippen LogP contribution in [0, 0.1) is 24.2 Å². The molecule has 3 rings (SSSR count). The number of nitrogens with zero attached hydrogens (tertiary/aromatic N) is 1. The van der Waals surface area contributed by atoms with E-state index in [9.17, 15) is 24.3 Å². The second-order valence-corrected chi connectivity index (χ2v) is 15.9. The van der Waals surface area contributed by atoms with Crippen molar-refractivity contribution in [3.8, 4) is 0 Å². The standard InChI is InChI=1S/C41H57Cl2N3O7.ClH/c1-9-46(10-2)23-28-16-18-30(19-17-28)36(43)37(48)27(6)33-12-11-13-35(47)45-32(22-29-15-14-26(5)31(42)21-29)38(49)44-24-41(7,8)40(51)53-34(20-25(3)4)39(50)52-33;/h11,13-19,21,25,27,32-34,36-37,48H,9-10,12,20,22-24H2,1-8H3,(H,44,49)(H,45,47);1H/b13-11+;/t27-,32+,33-,34-,36-,37+;/m0./s1. The van der Waals surface area contributed by atoms with Crippen LogP contribution in [0.25, 0.3) is 0 Å². The van der Waals surface area contributed by atoms with E-state index in [0.717, 1.165) is 36.3 Å². The number of carbonyl (C=O) groups excluding carboxylic acids is 4. The summed E-state index contributed by atoms with van der Waals surface area (Å²) in [7, 11) is 0. The van der Waals surface area contributed by atoms with Crippen molar-refractivity contribution < 1.29 is 33.8 Å². The minimum atomic E-state index is -1.24. The highest BCUT2D eigenvalue weighted by Gasteiger charge is 2.38. The Hall–Kier alpha value is -3.15. The third kappa shape index (κ3) is 13.9. The van der Waals surface area contributed by atoms with Crippen LogP contribution in [0.4, 0.5) is 0 Å². The van der Waals surface area contributed by atoms with Crippen molar-refractivity contribution in [3.63, 3.8) is 0 Å². The number of aliphatic hydroxyl groups excluding tert-OH is 1. The van der Waals surface area contributed by atoms with E-state index in [1.54, 1.807) is 26.8 Å². The molecule has 300 valence electrons. The fourth-order valence-electron chi connectivity index (χ4n) is 5.94. The third-order valence-corrected chi connectivity index (χ3v) is 10.6. The zero-order valence-electron chi connectivity index (χ0n) is 32.7. The summed E-state index contributed by atoms with van der Waals surface area (Å²) in [6.45, 7) is 17.3. The Morgan fingerprint density at radius 3 is 2.20 bits per heavy atom. The van der Waals surface area contributed by atoms with Gasteiger partial charge in [-0.05, 0) is 80.6 Å². The van der Waals surface area contributed by atoms with Gasteiger partial charge in [-0.2, -0.15) is 0 Å². The molecule has 0 spiro atoms. The van der Waals surface area contributed by atoms with Crippen molar-refractivity contribution in [2.24, 2.45) is 17.3 Å². The van der Waals surface area contributed by atoms with Gasteiger partial charge in [-0.3, -0.25) is 19.3 Å². The van der Waals surface area contributed by atoms with Crippen LogP contribution in [-0.4, -0.2) is 77.7 Å². The number of carbonyl (C=O) groups is 4. The van der Waals surface area contributed by atoms with Gasteiger partial charge in [0.2, 0.25) is 11.8 Å². The van der Waals surface area contributed by atoms with Gasteiger partial charge >= 0.3 is 11.9 Å². The van der Waals surface area contributed by atoms with E-state index < -0.39 is 64.8 Å². The quantitative estimate of drug-likeness (QED) is 0.156. The summed E-state index contributed by atoms with van der Waals surface area (Å²) in [6.07, 6.45) is -0.189. The van der Waals surface area contributed by atoms with Gasteiger partial charge in [0.15, 0.2) is 6.10 Å². The Morgan fingerprint density at radius 1 is 0.981 bits per heavy atom. The number of hydrogen-bond donors (Lipinski definition) is 3. The molecule has 0 radical (unpaired) electrons. The van der Waals surface area contributed by atoms with Crippen LogP contribution in [-0.2, 0) is 41.6 Å². The van der Waals surface area contributed by atoms with Gasteiger partial charge in [0.05, 0.1) is 16.9 Å². The van der Waals surface area contributed by atoms with Crippen molar-refractivity contribution in [3.05, 3.63) is 81.9 Å². The molecule has 0 saturated carbocycles. The zero-order valence-corrected chi connectivity index (χ0v) is 35.0. The third-order valence-electron chi connectivity index (χ3n) is 9.69. The van der Waals surface area contributed by atoms with Gasteiger partial charge in [-0.25, -0.2) is 4.79 Å². The van der Waals surface area contributed by atoms with Gasteiger partial charge in [0.1, 0.15) is 12.1 Å². The fraction of sp³-hybridized carbons (Fsp3) is 0.561. The molecule has 54 heavy (non-hydrogen) atoms. The molecule has 2 aromatic rings. The molecule has 0 unspecified atom stereocenters. The maximum Gasteiger partial charge on any atom is 0.347 e. The van der Waals surface area contributed by atoms with E-state index in [1.165, 1.54) is 12.2 Å². The largest absolute Gasteiger partial charge is 0.459 e. The van der Waals surface area contributed by atoms with Crippen molar-refractivity contribution in [1.82, 2.24) is 15.5 Å². The molecule has 0 aliphatic carbocycles. The lowest BCUT2D eigenvalue weighted by Crippen LogP contribution is -2.51. The Morgan fingerprint density at radius 2 is 1.61 bits per heavy atom. The molecule has 0 aromatic heterocycles. The fourth-order valence-corrected chi connectivity index (χ4v) is 6.52. The number of nitrogens with one attached hydrogen (secondary N) is 2. The van der Waals surface area contributed by atoms with E-state index in [2.05, 4.69) is 29.4 Å². The Kier molecular flexibility index (Phi) is 19.0. The van der Waals surface area contributed by atoms with Gasteiger partial charge in [-0.15, -0.1) is 24.0 Å². The Labute approximate surface area is 337 Å². The Balaban J connectivity index is 0.0000101. The number of esters is 2. The number of aliphatic hydroxyl groups is 1. The first-order valence-electron chi connectivity index (χ1n) is 18.5. The molecule has 6 atom stereocenters. The second kappa shape index (κ2) is 21.8. The number of hydrogen-bond acceptors (Lipinski definition) is 8. The summed E-state index contributed by atoms with van der Waals surface area (Å²) in [5, 5.41) is 16.8. The Bertz CT molecular complexity index is 1580. The molecule has 1 aliphatic heterocycles. The van der Waals surface area contributed by atoms with Crippen LogP contribution >= 0.6 is 35.6 Å². The molecule has 1 heterocycles. The SMILES string of the molecule is CCN(CC)Cc1ccc([C@H](Cl)[C@H](O)[C@@H](C)[C@@H]2C/C=C/C(=O)N[C@H](Cc3ccc(C)c(Cl)c3)C(=O)NCC(C)(C)C(=O)O[C@@H](CC(C)C)C(=O)O2)cc1.Cl. The molecule has 0 fully saturated rings.